The summed E-state index contributed by atoms with van der Waals surface area (Å²) in [5.74, 6) is -2.54. The van der Waals surface area contributed by atoms with Crippen LogP contribution >= 0.6 is 11.3 Å². The molecule has 0 spiro atoms. The number of benzene rings is 3. The first-order chi connectivity index (χ1) is 19.1. The molecule has 1 aliphatic heterocycles. The van der Waals surface area contributed by atoms with Gasteiger partial charge in [-0.05, 0) is 36.8 Å². The van der Waals surface area contributed by atoms with Crippen LogP contribution in [0.15, 0.2) is 90.2 Å². The van der Waals surface area contributed by atoms with Gasteiger partial charge in [0, 0.05) is 17.3 Å². The number of anilines is 1. The van der Waals surface area contributed by atoms with E-state index in [1.165, 1.54) is 19.2 Å². The van der Waals surface area contributed by atoms with Crippen molar-refractivity contribution in [2.24, 2.45) is 0 Å². The van der Waals surface area contributed by atoms with E-state index in [4.69, 9.17) is 4.74 Å². The largest absolute Gasteiger partial charge is 0.573 e. The van der Waals surface area contributed by atoms with E-state index in [2.05, 4.69) is 9.72 Å². The van der Waals surface area contributed by atoms with Gasteiger partial charge in [0.1, 0.15) is 16.5 Å². The van der Waals surface area contributed by atoms with Crippen LogP contribution < -0.4 is 14.4 Å². The van der Waals surface area contributed by atoms with Crippen molar-refractivity contribution in [2.75, 3.05) is 12.0 Å². The summed E-state index contributed by atoms with van der Waals surface area (Å²) in [6, 6.07) is 19.3. The molecule has 1 unspecified atom stereocenters. The van der Waals surface area contributed by atoms with Gasteiger partial charge in [-0.2, -0.15) is 0 Å². The van der Waals surface area contributed by atoms with Gasteiger partial charge in [0.2, 0.25) is 5.78 Å². The lowest BCUT2D eigenvalue weighted by atomic mass is 9.94. The Labute approximate surface area is 230 Å². The van der Waals surface area contributed by atoms with E-state index in [0.29, 0.717) is 22.0 Å². The van der Waals surface area contributed by atoms with E-state index >= 15 is 0 Å². The number of ether oxygens (including phenoxy) is 2. The molecule has 11 heteroatoms. The molecule has 0 aliphatic carbocycles. The number of methoxy groups -OCH3 is 1. The summed E-state index contributed by atoms with van der Waals surface area (Å²) in [7, 11) is 1.44. The first-order valence-corrected chi connectivity index (χ1v) is 12.7. The summed E-state index contributed by atoms with van der Waals surface area (Å²) in [5, 5.41) is 11.6. The van der Waals surface area contributed by atoms with Crippen molar-refractivity contribution in [3.8, 4) is 22.1 Å². The summed E-state index contributed by atoms with van der Waals surface area (Å²) in [5.41, 5.74) is 1.35. The molecule has 0 fully saturated rings. The summed E-state index contributed by atoms with van der Waals surface area (Å²) in [4.78, 5) is 33.3. The zero-order valence-corrected chi connectivity index (χ0v) is 21.9. The third-order valence-corrected chi connectivity index (χ3v) is 7.42. The monoisotopic (exact) mass is 566 g/mol. The van der Waals surface area contributed by atoms with Gasteiger partial charge < -0.3 is 14.6 Å². The minimum atomic E-state index is -4.96. The van der Waals surface area contributed by atoms with Crippen molar-refractivity contribution in [3.63, 3.8) is 0 Å². The number of Topliss-reactive ketones (excluding diaryl/α,β-unsaturated/α-hetero) is 1. The first kappa shape index (κ1) is 26.9. The second-order valence-electron chi connectivity index (χ2n) is 8.79. The highest BCUT2D eigenvalue weighted by atomic mass is 32.1. The number of alkyl halides is 3. The Bertz CT molecular complexity index is 1630. The quantitative estimate of drug-likeness (QED) is 0.247. The minimum Gasteiger partial charge on any atom is -0.503 e. The first-order valence-electron chi connectivity index (χ1n) is 11.9. The fourth-order valence-corrected chi connectivity index (χ4v) is 5.52. The second-order valence-corrected chi connectivity index (χ2v) is 9.79. The van der Waals surface area contributed by atoms with Crippen molar-refractivity contribution in [2.45, 2.75) is 19.3 Å². The Morgan fingerprint density at radius 1 is 1.00 bits per heavy atom. The number of halogens is 3. The number of thiazole rings is 1. The highest BCUT2D eigenvalue weighted by Crippen LogP contribution is 2.44. The highest BCUT2D eigenvalue weighted by molar-refractivity contribution is 7.17. The van der Waals surface area contributed by atoms with Crippen LogP contribution in [-0.2, 0) is 4.79 Å². The van der Waals surface area contributed by atoms with Crippen molar-refractivity contribution in [1.82, 2.24) is 4.98 Å². The zero-order chi connectivity index (χ0) is 28.6. The van der Waals surface area contributed by atoms with Crippen molar-refractivity contribution < 1.29 is 37.3 Å². The van der Waals surface area contributed by atoms with E-state index in [0.717, 1.165) is 33.9 Å². The van der Waals surface area contributed by atoms with Crippen LogP contribution in [0.3, 0.4) is 0 Å². The molecule has 4 aromatic rings. The van der Waals surface area contributed by atoms with Gasteiger partial charge in [-0.15, -0.1) is 24.5 Å². The zero-order valence-electron chi connectivity index (χ0n) is 21.1. The van der Waals surface area contributed by atoms with E-state index in [-0.39, 0.29) is 16.1 Å². The van der Waals surface area contributed by atoms with Crippen molar-refractivity contribution in [3.05, 3.63) is 106 Å². The highest BCUT2D eigenvalue weighted by Gasteiger charge is 2.46. The average molecular weight is 567 g/mol. The normalized spacial score (nSPS) is 15.5. The smallest absolute Gasteiger partial charge is 0.503 e. The van der Waals surface area contributed by atoms with Gasteiger partial charge in [0.15, 0.2) is 5.76 Å². The fourth-order valence-electron chi connectivity index (χ4n) is 4.49. The lowest BCUT2D eigenvalue weighted by Crippen LogP contribution is -2.31. The number of rotatable bonds is 7. The fraction of sp³-hybridized carbons (Fsp3) is 0.138. The summed E-state index contributed by atoms with van der Waals surface area (Å²) >= 11 is 1.12. The molecule has 7 nitrogen and oxygen atoms in total. The maximum Gasteiger partial charge on any atom is 0.573 e. The van der Waals surface area contributed by atoms with Crippen molar-refractivity contribution in [1.29, 1.82) is 0 Å². The maximum absolute atomic E-state index is 14.0. The Balaban J connectivity index is 1.63. The number of ketones is 1. The molecule has 0 radical (unpaired) electrons. The van der Waals surface area contributed by atoms with Crippen LogP contribution in [0.25, 0.3) is 10.6 Å². The van der Waals surface area contributed by atoms with Crippen LogP contribution in [0.2, 0.25) is 0 Å². The number of hydrogen-bond acceptors (Lipinski definition) is 7. The van der Waals surface area contributed by atoms with Crippen LogP contribution in [0.5, 0.6) is 11.5 Å². The van der Waals surface area contributed by atoms with Gasteiger partial charge >= 0.3 is 6.36 Å². The number of aromatic nitrogens is 1. The summed E-state index contributed by atoms with van der Waals surface area (Å²) in [6.07, 6.45) is -4.96. The number of carbonyl (C=O) groups is 2. The number of nitrogens with zero attached hydrogens (tertiary/aromatic N) is 2. The molecule has 1 aromatic heterocycles. The third-order valence-electron chi connectivity index (χ3n) is 6.22. The molecule has 1 N–H and O–H groups in total. The number of carbonyl (C=O) groups excluding carboxylic acids is 2. The topological polar surface area (TPSA) is 89.0 Å². The number of aryl methyl sites for hydroxylation is 1. The number of hydrogen-bond donors (Lipinski definition) is 1. The molecule has 204 valence electrons. The lowest BCUT2D eigenvalue weighted by Gasteiger charge is -2.27. The Morgan fingerprint density at radius 2 is 1.70 bits per heavy atom. The molecular weight excluding hydrogens is 545 g/mol. The standard InChI is InChI=1S/C29H21F3N2O5S/c1-16-26(40-27(33-16)17-8-4-3-5-9-17)24(35)22-23(18-10-6-12-20(14-18)38-2)34(28(37)25(22)36)19-11-7-13-21(15-19)39-29(30,31)32/h3-15,23,36H,1-2H3. The Kier molecular flexibility index (Phi) is 7.07. The molecule has 1 atom stereocenters. The van der Waals surface area contributed by atoms with Gasteiger partial charge in [-0.3, -0.25) is 14.5 Å². The van der Waals surface area contributed by atoms with E-state index in [9.17, 15) is 27.9 Å². The number of amides is 1. The minimum absolute atomic E-state index is 0.0140. The Morgan fingerprint density at radius 3 is 2.40 bits per heavy atom. The predicted molar refractivity (Wildman–Crippen MR) is 143 cm³/mol. The third kappa shape index (κ3) is 5.15. The Hall–Kier alpha value is -4.64. The molecule has 1 aliphatic rings. The van der Waals surface area contributed by atoms with Gasteiger partial charge in [-0.25, -0.2) is 4.98 Å². The molecule has 0 bridgehead atoms. The lowest BCUT2D eigenvalue weighted by molar-refractivity contribution is -0.274. The second kappa shape index (κ2) is 10.5. The predicted octanol–water partition coefficient (Wildman–Crippen LogP) is 6.81. The molecular formula is C29H21F3N2O5S. The molecule has 2 heterocycles. The summed E-state index contributed by atoms with van der Waals surface area (Å²) < 4.78 is 48.1. The molecule has 40 heavy (non-hydrogen) atoms. The molecule has 0 saturated heterocycles. The van der Waals surface area contributed by atoms with Crippen molar-refractivity contribution >= 4 is 28.7 Å². The molecule has 1 amide bonds. The van der Waals surface area contributed by atoms with Gasteiger partial charge in [0.05, 0.1) is 29.3 Å². The SMILES string of the molecule is COc1cccc(C2C(C(=O)c3sc(-c4ccccc4)nc3C)=C(O)C(=O)N2c2cccc(OC(F)(F)F)c2)c1. The van der Waals surface area contributed by atoms with Crippen LogP contribution in [-0.4, -0.2) is 35.3 Å². The summed E-state index contributed by atoms with van der Waals surface area (Å²) in [6.45, 7) is 1.65. The van der Waals surface area contributed by atoms with Gasteiger partial charge in [0.25, 0.3) is 5.91 Å². The van der Waals surface area contributed by atoms with E-state index < -0.39 is 35.6 Å². The van der Waals surface area contributed by atoms with Crippen LogP contribution in [0, 0.1) is 6.92 Å². The van der Waals surface area contributed by atoms with E-state index in [1.54, 1.807) is 31.2 Å². The molecule has 3 aromatic carbocycles. The number of aliphatic hydroxyl groups is 1. The molecule has 5 rings (SSSR count). The maximum atomic E-state index is 14.0. The van der Waals surface area contributed by atoms with Crippen LogP contribution in [0.1, 0.15) is 27.0 Å². The molecule has 0 saturated carbocycles. The number of aliphatic hydroxyl groups excluding tert-OH is 1. The van der Waals surface area contributed by atoms with Gasteiger partial charge in [-0.1, -0.05) is 48.5 Å². The average Bonchev–Trinajstić information content (AvgIpc) is 3.45. The van der Waals surface area contributed by atoms with Crippen LogP contribution in [0.4, 0.5) is 18.9 Å². The van der Waals surface area contributed by atoms with E-state index in [1.807, 2.05) is 30.3 Å².